The second kappa shape index (κ2) is 5.19. The molecule has 0 N–H and O–H groups in total. The third kappa shape index (κ3) is 2.58. The summed E-state index contributed by atoms with van der Waals surface area (Å²) in [6, 6.07) is 11.3. The molecule has 0 radical (unpaired) electrons. The highest BCUT2D eigenvalue weighted by Crippen LogP contribution is 2.23. The minimum absolute atomic E-state index is 0.215. The average molecular weight is 295 g/mol. The second-order valence-electron chi connectivity index (χ2n) is 3.49. The van der Waals surface area contributed by atoms with E-state index < -0.39 is 5.97 Å². The first-order chi connectivity index (χ1) is 8.24. The van der Waals surface area contributed by atoms with Gasteiger partial charge in [0.15, 0.2) is 0 Å². The molecule has 0 bridgehead atoms. The van der Waals surface area contributed by atoms with Crippen molar-refractivity contribution in [1.82, 2.24) is 0 Å². The van der Waals surface area contributed by atoms with Gasteiger partial charge in [-0.25, -0.2) is 4.79 Å². The molecule has 1 aromatic heterocycles. The predicted octanol–water partition coefficient (Wildman–Crippen LogP) is 3.63. The van der Waals surface area contributed by atoms with Crippen molar-refractivity contribution in [3.05, 3.63) is 47.7 Å². The van der Waals surface area contributed by atoms with Gasteiger partial charge in [-0.15, -0.1) is 0 Å². The molecule has 0 aliphatic carbocycles. The Hall–Kier alpha value is -1.55. The first-order valence-electron chi connectivity index (χ1n) is 5.08. The van der Waals surface area contributed by atoms with Gasteiger partial charge >= 0.3 is 5.97 Å². The lowest BCUT2D eigenvalue weighted by Gasteiger charge is -1.99. The van der Waals surface area contributed by atoms with E-state index in [-0.39, 0.29) is 5.76 Å². The first kappa shape index (κ1) is 11.9. The highest BCUT2D eigenvalue weighted by atomic mass is 79.9. The molecular weight excluding hydrogens is 284 g/mol. The highest BCUT2D eigenvalue weighted by Gasteiger charge is 2.11. The molecule has 0 atom stereocenters. The molecule has 3 nitrogen and oxygen atoms in total. The van der Waals surface area contributed by atoms with Gasteiger partial charge in [-0.05, 0) is 17.7 Å². The number of alkyl halides is 1. The summed E-state index contributed by atoms with van der Waals surface area (Å²) >= 11 is 3.39. The molecule has 0 spiro atoms. The first-order valence-corrected chi connectivity index (χ1v) is 6.20. The van der Waals surface area contributed by atoms with Crippen LogP contribution in [-0.4, -0.2) is 13.1 Å². The zero-order valence-electron chi connectivity index (χ0n) is 9.27. The lowest BCUT2D eigenvalue weighted by atomic mass is 10.1. The molecule has 1 heterocycles. The lowest BCUT2D eigenvalue weighted by molar-refractivity contribution is 0.0566. The van der Waals surface area contributed by atoms with Gasteiger partial charge in [0.25, 0.3) is 0 Å². The largest absolute Gasteiger partial charge is 0.463 e. The van der Waals surface area contributed by atoms with Crippen LogP contribution in [0, 0.1) is 0 Å². The molecule has 0 aliphatic heterocycles. The summed E-state index contributed by atoms with van der Waals surface area (Å²) in [4.78, 5) is 11.2. The summed E-state index contributed by atoms with van der Waals surface area (Å²) in [5.74, 6) is 0.409. The van der Waals surface area contributed by atoms with Gasteiger partial charge in [-0.2, -0.15) is 0 Å². The number of carbonyl (C=O) groups excluding carboxylic acids is 1. The molecule has 2 aromatic rings. The summed E-state index contributed by atoms with van der Waals surface area (Å²) in [5.41, 5.74) is 2.12. The van der Waals surface area contributed by atoms with Crippen LogP contribution in [0.3, 0.4) is 0 Å². The number of furan rings is 1. The van der Waals surface area contributed by atoms with Crippen LogP contribution in [0.15, 0.2) is 40.8 Å². The Balaban J connectivity index is 2.27. The third-order valence-corrected chi connectivity index (χ3v) is 3.03. The van der Waals surface area contributed by atoms with Crippen LogP contribution >= 0.6 is 15.9 Å². The molecule has 0 fully saturated rings. The van der Waals surface area contributed by atoms with E-state index in [0.717, 1.165) is 10.9 Å². The number of ether oxygens (including phenoxy) is 1. The number of carbonyl (C=O) groups is 1. The Morgan fingerprint density at radius 2 is 1.94 bits per heavy atom. The Bertz CT molecular complexity index is 514. The number of halogens is 1. The molecule has 0 saturated heterocycles. The van der Waals surface area contributed by atoms with E-state index in [2.05, 4.69) is 20.7 Å². The molecule has 0 saturated carbocycles. The van der Waals surface area contributed by atoms with Crippen molar-refractivity contribution in [2.75, 3.05) is 7.11 Å². The number of benzene rings is 1. The molecule has 17 heavy (non-hydrogen) atoms. The summed E-state index contributed by atoms with van der Waals surface area (Å²) in [7, 11) is 1.33. The van der Waals surface area contributed by atoms with Crippen LogP contribution in [-0.2, 0) is 10.1 Å². The topological polar surface area (TPSA) is 39.4 Å². The number of methoxy groups -OCH3 is 1. The maximum atomic E-state index is 11.2. The van der Waals surface area contributed by atoms with Crippen molar-refractivity contribution in [2.24, 2.45) is 0 Å². The fraction of sp³-hybridized carbons (Fsp3) is 0.154. The van der Waals surface area contributed by atoms with Gasteiger partial charge in [0.2, 0.25) is 5.76 Å². The van der Waals surface area contributed by atoms with Gasteiger partial charge in [-0.3, -0.25) is 0 Å². The number of hydrogen-bond acceptors (Lipinski definition) is 3. The maximum absolute atomic E-state index is 11.2. The quantitative estimate of drug-likeness (QED) is 0.641. The van der Waals surface area contributed by atoms with E-state index in [1.807, 2.05) is 24.3 Å². The summed E-state index contributed by atoms with van der Waals surface area (Å²) < 4.78 is 9.99. The van der Waals surface area contributed by atoms with E-state index in [0.29, 0.717) is 5.76 Å². The zero-order valence-corrected chi connectivity index (χ0v) is 10.9. The van der Waals surface area contributed by atoms with Crippen molar-refractivity contribution < 1.29 is 13.9 Å². The van der Waals surface area contributed by atoms with Gasteiger partial charge in [0.05, 0.1) is 7.11 Å². The molecule has 1 aromatic carbocycles. The van der Waals surface area contributed by atoms with Gasteiger partial charge in [-0.1, -0.05) is 40.2 Å². The van der Waals surface area contributed by atoms with E-state index in [1.165, 1.54) is 12.7 Å². The van der Waals surface area contributed by atoms with Gasteiger partial charge < -0.3 is 9.15 Å². The molecule has 2 rings (SSSR count). The molecule has 88 valence electrons. The van der Waals surface area contributed by atoms with Crippen LogP contribution in [0.1, 0.15) is 16.1 Å². The van der Waals surface area contributed by atoms with Gasteiger partial charge in [0.1, 0.15) is 5.76 Å². The Morgan fingerprint density at radius 3 is 2.53 bits per heavy atom. The fourth-order valence-electron chi connectivity index (χ4n) is 1.46. The predicted molar refractivity (Wildman–Crippen MR) is 68.1 cm³/mol. The van der Waals surface area contributed by atoms with Crippen LogP contribution < -0.4 is 0 Å². The van der Waals surface area contributed by atoms with Crippen LogP contribution in [0.5, 0.6) is 0 Å². The van der Waals surface area contributed by atoms with Crippen LogP contribution in [0.4, 0.5) is 0 Å². The van der Waals surface area contributed by atoms with Gasteiger partial charge in [0, 0.05) is 10.9 Å². The smallest absolute Gasteiger partial charge is 0.373 e. The average Bonchev–Trinajstić information content (AvgIpc) is 2.87. The Labute approximate surface area is 108 Å². The number of rotatable bonds is 3. The molecule has 0 amide bonds. The van der Waals surface area contributed by atoms with Crippen molar-refractivity contribution in [2.45, 2.75) is 5.33 Å². The number of hydrogen-bond donors (Lipinski definition) is 0. The summed E-state index contributed by atoms with van der Waals surface area (Å²) in [6.45, 7) is 0. The SMILES string of the molecule is COC(=O)c1ccc(-c2ccc(CBr)cc2)o1. The Kier molecular flexibility index (Phi) is 3.64. The molecule has 0 unspecified atom stereocenters. The highest BCUT2D eigenvalue weighted by molar-refractivity contribution is 9.08. The maximum Gasteiger partial charge on any atom is 0.373 e. The van der Waals surface area contributed by atoms with E-state index in [1.54, 1.807) is 12.1 Å². The fourth-order valence-corrected chi connectivity index (χ4v) is 1.84. The molecule has 0 aliphatic rings. The van der Waals surface area contributed by atoms with E-state index >= 15 is 0 Å². The Morgan fingerprint density at radius 1 is 1.24 bits per heavy atom. The van der Waals surface area contributed by atoms with Crippen molar-refractivity contribution >= 4 is 21.9 Å². The summed E-state index contributed by atoms with van der Waals surface area (Å²) in [6.07, 6.45) is 0. The van der Waals surface area contributed by atoms with Crippen LogP contribution in [0.25, 0.3) is 11.3 Å². The molecular formula is C13H11BrO3. The standard InChI is InChI=1S/C13H11BrO3/c1-16-13(15)12-7-6-11(17-12)10-4-2-9(8-14)3-5-10/h2-7H,8H2,1H3. The monoisotopic (exact) mass is 294 g/mol. The van der Waals surface area contributed by atoms with Crippen LogP contribution in [0.2, 0.25) is 0 Å². The van der Waals surface area contributed by atoms with Crippen molar-refractivity contribution in [1.29, 1.82) is 0 Å². The normalized spacial score (nSPS) is 10.2. The minimum Gasteiger partial charge on any atom is -0.463 e. The minimum atomic E-state index is -0.465. The van der Waals surface area contributed by atoms with Crippen molar-refractivity contribution in [3.63, 3.8) is 0 Å². The molecule has 4 heteroatoms. The second-order valence-corrected chi connectivity index (χ2v) is 4.05. The number of esters is 1. The summed E-state index contributed by atoms with van der Waals surface area (Å²) in [5, 5.41) is 0.818. The lowest BCUT2D eigenvalue weighted by Crippen LogP contribution is -1.98. The van der Waals surface area contributed by atoms with Crippen molar-refractivity contribution in [3.8, 4) is 11.3 Å². The van der Waals surface area contributed by atoms with E-state index in [9.17, 15) is 4.79 Å². The van der Waals surface area contributed by atoms with E-state index in [4.69, 9.17) is 4.42 Å². The zero-order chi connectivity index (χ0) is 12.3. The third-order valence-electron chi connectivity index (χ3n) is 2.39.